The minimum Gasteiger partial charge on any atom is -0.508 e. The van der Waals surface area contributed by atoms with E-state index in [0.717, 1.165) is 12.0 Å². The van der Waals surface area contributed by atoms with Crippen molar-refractivity contribution in [2.24, 2.45) is 0 Å². The first-order chi connectivity index (χ1) is 6.13. The van der Waals surface area contributed by atoms with Crippen LogP contribution in [-0.2, 0) is 11.2 Å². The zero-order chi connectivity index (χ0) is 9.84. The van der Waals surface area contributed by atoms with Gasteiger partial charge in [0, 0.05) is 12.1 Å². The lowest BCUT2D eigenvalue weighted by Gasteiger charge is -2.10. The quantitative estimate of drug-likeness (QED) is 0.813. The molecule has 0 spiro atoms. The van der Waals surface area contributed by atoms with Gasteiger partial charge in [-0.15, -0.1) is 0 Å². The van der Waals surface area contributed by atoms with E-state index in [-0.39, 0.29) is 11.9 Å². The monoisotopic (exact) mass is 200 g/mol. The van der Waals surface area contributed by atoms with Gasteiger partial charge in [-0.25, -0.2) is 0 Å². The maximum atomic E-state index is 9.11. The average molecular weight is 201 g/mol. The van der Waals surface area contributed by atoms with Gasteiger partial charge in [-0.2, -0.15) is 0 Å². The number of ether oxygens (including phenoxy) is 1. The predicted octanol–water partition coefficient (Wildman–Crippen LogP) is 2.62. The number of halogens is 1. The molecule has 1 aromatic carbocycles. The molecular weight excluding hydrogens is 188 g/mol. The van der Waals surface area contributed by atoms with E-state index in [4.69, 9.17) is 21.4 Å². The van der Waals surface area contributed by atoms with Crippen LogP contribution in [0, 0.1) is 0 Å². The molecule has 0 fully saturated rings. The SMILES string of the molecule is COC(C)Cc1ccc(O)cc1Cl. The van der Waals surface area contributed by atoms with Crippen LogP contribution in [0.3, 0.4) is 0 Å². The molecule has 1 N–H and O–H groups in total. The maximum Gasteiger partial charge on any atom is 0.117 e. The minimum atomic E-state index is 0.141. The summed E-state index contributed by atoms with van der Waals surface area (Å²) in [5, 5.41) is 9.70. The van der Waals surface area contributed by atoms with E-state index in [1.54, 1.807) is 19.2 Å². The standard InChI is InChI=1S/C10H13ClO2/c1-7(13-2)5-8-3-4-9(12)6-10(8)11/h3-4,6-7,12H,5H2,1-2H3. The van der Waals surface area contributed by atoms with E-state index in [0.29, 0.717) is 5.02 Å². The Balaban J connectivity index is 2.77. The predicted molar refractivity (Wildman–Crippen MR) is 53.3 cm³/mol. The van der Waals surface area contributed by atoms with Gasteiger partial charge < -0.3 is 9.84 Å². The normalized spacial score (nSPS) is 12.8. The first-order valence-electron chi connectivity index (χ1n) is 4.13. The smallest absolute Gasteiger partial charge is 0.117 e. The Morgan fingerprint density at radius 3 is 2.77 bits per heavy atom. The van der Waals surface area contributed by atoms with Gasteiger partial charge in [0.25, 0.3) is 0 Å². The van der Waals surface area contributed by atoms with Crippen LogP contribution in [0.25, 0.3) is 0 Å². The second-order valence-electron chi connectivity index (χ2n) is 3.03. The number of rotatable bonds is 3. The molecule has 1 unspecified atom stereocenters. The van der Waals surface area contributed by atoms with Crippen LogP contribution in [0.15, 0.2) is 18.2 Å². The summed E-state index contributed by atoms with van der Waals surface area (Å²) in [6, 6.07) is 4.98. The highest BCUT2D eigenvalue weighted by Crippen LogP contribution is 2.22. The Kier molecular flexibility index (Phi) is 3.58. The Labute approximate surface area is 83.1 Å². The van der Waals surface area contributed by atoms with Crippen LogP contribution in [0.1, 0.15) is 12.5 Å². The summed E-state index contributed by atoms with van der Waals surface area (Å²) in [5.41, 5.74) is 0.994. The molecular formula is C10H13ClO2. The number of methoxy groups -OCH3 is 1. The number of phenolic OH excluding ortho intramolecular Hbond substituents is 1. The second-order valence-corrected chi connectivity index (χ2v) is 3.43. The lowest BCUT2D eigenvalue weighted by molar-refractivity contribution is 0.119. The summed E-state index contributed by atoms with van der Waals surface area (Å²) >= 11 is 5.92. The summed E-state index contributed by atoms with van der Waals surface area (Å²) in [6.07, 6.45) is 0.900. The van der Waals surface area contributed by atoms with Crippen LogP contribution < -0.4 is 0 Å². The van der Waals surface area contributed by atoms with Crippen molar-refractivity contribution in [3.63, 3.8) is 0 Å². The van der Waals surface area contributed by atoms with E-state index < -0.39 is 0 Å². The largest absolute Gasteiger partial charge is 0.508 e. The van der Waals surface area contributed by atoms with Crippen molar-refractivity contribution < 1.29 is 9.84 Å². The second kappa shape index (κ2) is 4.49. The highest BCUT2D eigenvalue weighted by atomic mass is 35.5. The summed E-state index contributed by atoms with van der Waals surface area (Å²) < 4.78 is 5.12. The molecule has 0 bridgehead atoms. The van der Waals surface area contributed by atoms with E-state index in [1.165, 1.54) is 0 Å². The van der Waals surface area contributed by atoms with Gasteiger partial charge in [0.05, 0.1) is 6.10 Å². The third kappa shape index (κ3) is 2.90. The van der Waals surface area contributed by atoms with Crippen LogP contribution in [0.4, 0.5) is 0 Å². The third-order valence-corrected chi connectivity index (χ3v) is 2.30. The molecule has 1 atom stereocenters. The molecule has 0 heterocycles. The van der Waals surface area contributed by atoms with Gasteiger partial charge in [-0.05, 0) is 31.0 Å². The molecule has 72 valence electrons. The average Bonchev–Trinajstić information content (AvgIpc) is 2.09. The highest BCUT2D eigenvalue weighted by Gasteiger charge is 2.05. The van der Waals surface area contributed by atoms with Gasteiger partial charge in [0.2, 0.25) is 0 Å². The Bertz CT molecular complexity index is 286. The van der Waals surface area contributed by atoms with Gasteiger partial charge in [-0.3, -0.25) is 0 Å². The van der Waals surface area contributed by atoms with Gasteiger partial charge >= 0.3 is 0 Å². The molecule has 2 nitrogen and oxygen atoms in total. The zero-order valence-corrected chi connectivity index (χ0v) is 8.51. The summed E-state index contributed by atoms with van der Waals surface area (Å²) in [4.78, 5) is 0. The zero-order valence-electron chi connectivity index (χ0n) is 7.75. The van der Waals surface area contributed by atoms with E-state index in [2.05, 4.69) is 0 Å². The van der Waals surface area contributed by atoms with Crippen LogP contribution in [-0.4, -0.2) is 18.3 Å². The molecule has 0 aromatic heterocycles. The maximum absolute atomic E-state index is 9.11. The Morgan fingerprint density at radius 2 is 2.23 bits per heavy atom. The lowest BCUT2D eigenvalue weighted by Crippen LogP contribution is -2.08. The lowest BCUT2D eigenvalue weighted by atomic mass is 10.1. The van der Waals surface area contributed by atoms with Crippen LogP contribution in [0.2, 0.25) is 5.02 Å². The first kappa shape index (κ1) is 10.4. The van der Waals surface area contributed by atoms with Crippen molar-refractivity contribution in [1.29, 1.82) is 0 Å². The number of aromatic hydroxyl groups is 1. The van der Waals surface area contributed by atoms with E-state index in [9.17, 15) is 0 Å². The van der Waals surface area contributed by atoms with Crippen molar-refractivity contribution in [1.82, 2.24) is 0 Å². The fourth-order valence-corrected chi connectivity index (χ4v) is 1.35. The molecule has 0 amide bonds. The molecule has 0 saturated carbocycles. The summed E-state index contributed by atoms with van der Waals surface area (Å²) in [6.45, 7) is 1.98. The highest BCUT2D eigenvalue weighted by molar-refractivity contribution is 6.31. The first-order valence-corrected chi connectivity index (χ1v) is 4.51. The molecule has 1 rings (SSSR count). The third-order valence-electron chi connectivity index (χ3n) is 1.95. The van der Waals surface area contributed by atoms with Gasteiger partial charge in [0.15, 0.2) is 0 Å². The molecule has 0 radical (unpaired) electrons. The Hall–Kier alpha value is -0.730. The number of phenols is 1. The Morgan fingerprint density at radius 1 is 1.54 bits per heavy atom. The topological polar surface area (TPSA) is 29.5 Å². The number of hydrogen-bond acceptors (Lipinski definition) is 2. The van der Waals surface area contributed by atoms with Crippen molar-refractivity contribution in [3.8, 4) is 5.75 Å². The van der Waals surface area contributed by atoms with Crippen molar-refractivity contribution in [2.75, 3.05) is 7.11 Å². The van der Waals surface area contributed by atoms with Crippen LogP contribution in [0.5, 0.6) is 5.75 Å². The molecule has 0 aliphatic heterocycles. The minimum absolute atomic E-state index is 0.141. The molecule has 1 aromatic rings. The summed E-state index contributed by atoms with van der Waals surface area (Å²) in [5.74, 6) is 0.193. The van der Waals surface area contributed by atoms with E-state index in [1.807, 2.05) is 13.0 Å². The molecule has 0 aliphatic carbocycles. The van der Waals surface area contributed by atoms with Gasteiger partial charge in [-0.1, -0.05) is 17.7 Å². The number of hydrogen-bond donors (Lipinski definition) is 1. The van der Waals surface area contributed by atoms with E-state index >= 15 is 0 Å². The van der Waals surface area contributed by atoms with Crippen molar-refractivity contribution in [2.45, 2.75) is 19.4 Å². The van der Waals surface area contributed by atoms with Crippen LogP contribution >= 0.6 is 11.6 Å². The molecule has 3 heteroatoms. The molecule has 13 heavy (non-hydrogen) atoms. The van der Waals surface area contributed by atoms with Gasteiger partial charge in [0.1, 0.15) is 5.75 Å². The number of benzene rings is 1. The molecule has 0 saturated heterocycles. The fourth-order valence-electron chi connectivity index (χ4n) is 1.09. The fraction of sp³-hybridized carbons (Fsp3) is 0.400. The summed E-state index contributed by atoms with van der Waals surface area (Å²) in [7, 11) is 1.67. The van der Waals surface area contributed by atoms with Crippen molar-refractivity contribution >= 4 is 11.6 Å². The molecule has 0 aliphatic rings. The van der Waals surface area contributed by atoms with Crippen molar-refractivity contribution in [3.05, 3.63) is 28.8 Å².